The molecule has 3 saturated heterocycles. The third-order valence-electron chi connectivity index (χ3n) is 8.51. The van der Waals surface area contributed by atoms with Crippen LogP contribution in [-0.2, 0) is 26.6 Å². The Morgan fingerprint density at radius 3 is 2.40 bits per heavy atom. The van der Waals surface area contributed by atoms with Gasteiger partial charge in [0.15, 0.2) is 0 Å². The van der Waals surface area contributed by atoms with Gasteiger partial charge < -0.3 is 29.7 Å². The van der Waals surface area contributed by atoms with E-state index in [2.05, 4.69) is 20.6 Å². The van der Waals surface area contributed by atoms with Crippen LogP contribution in [0.15, 0.2) is 30.3 Å². The minimum atomic E-state index is -4.87. The monoisotopic (exact) mass is 645 g/mol. The lowest BCUT2D eigenvalue weighted by Crippen LogP contribution is -2.54. The highest BCUT2D eigenvalue weighted by atomic mass is 19.4. The van der Waals surface area contributed by atoms with Crippen molar-refractivity contribution in [2.45, 2.75) is 81.3 Å². The summed E-state index contributed by atoms with van der Waals surface area (Å²) in [6.07, 6.45) is -6.32. The first-order chi connectivity index (χ1) is 21.4. The number of carbonyl (C=O) groups excluding carboxylic acids is 1. The van der Waals surface area contributed by atoms with E-state index in [1.54, 1.807) is 7.11 Å². The van der Waals surface area contributed by atoms with Crippen molar-refractivity contribution in [3.63, 3.8) is 0 Å². The fourth-order valence-corrected chi connectivity index (χ4v) is 6.02. The van der Waals surface area contributed by atoms with Gasteiger partial charge >= 0.3 is 12.4 Å². The van der Waals surface area contributed by atoms with Gasteiger partial charge in [-0.15, -0.1) is 0 Å². The molecule has 4 heterocycles. The van der Waals surface area contributed by atoms with Crippen molar-refractivity contribution in [1.82, 2.24) is 20.2 Å². The predicted molar refractivity (Wildman–Crippen MR) is 151 cm³/mol. The summed E-state index contributed by atoms with van der Waals surface area (Å²) in [4.78, 5) is 22.0. The van der Waals surface area contributed by atoms with Gasteiger partial charge in [-0.1, -0.05) is 12.1 Å². The van der Waals surface area contributed by atoms with Gasteiger partial charge in [0.05, 0.1) is 30.5 Å². The number of carbonyl (C=O) groups is 1. The van der Waals surface area contributed by atoms with Crippen molar-refractivity contribution < 1.29 is 45.3 Å². The van der Waals surface area contributed by atoms with E-state index >= 15 is 0 Å². The Balaban J connectivity index is 1.20. The zero-order valence-corrected chi connectivity index (χ0v) is 24.8. The molecule has 2 N–H and O–H groups in total. The third kappa shape index (κ3) is 8.63. The second-order valence-electron chi connectivity index (χ2n) is 11.6. The number of benzene rings is 1. The summed E-state index contributed by atoms with van der Waals surface area (Å²) >= 11 is 0. The average molecular weight is 646 g/mol. The number of piperidine rings is 1. The molecule has 3 fully saturated rings. The zero-order valence-electron chi connectivity index (χ0n) is 24.8. The highest BCUT2D eigenvalue weighted by Gasteiger charge is 2.37. The summed E-state index contributed by atoms with van der Waals surface area (Å²) < 4.78 is 97.0. The smallest absolute Gasteiger partial charge is 0.379 e. The van der Waals surface area contributed by atoms with E-state index in [4.69, 9.17) is 14.2 Å². The average Bonchev–Trinajstić information content (AvgIpc) is 3.03. The second kappa shape index (κ2) is 14.2. The van der Waals surface area contributed by atoms with E-state index in [-0.39, 0.29) is 36.2 Å². The Bertz CT molecular complexity index is 1290. The molecule has 0 bridgehead atoms. The number of halogens is 6. The molecule has 9 nitrogen and oxygen atoms in total. The van der Waals surface area contributed by atoms with Gasteiger partial charge in [-0.2, -0.15) is 26.3 Å². The number of methoxy groups -OCH3 is 1. The van der Waals surface area contributed by atoms with Gasteiger partial charge in [-0.3, -0.25) is 4.79 Å². The van der Waals surface area contributed by atoms with Crippen molar-refractivity contribution in [3.05, 3.63) is 53.0 Å². The number of hydrogen-bond donors (Lipinski definition) is 2. The Morgan fingerprint density at radius 1 is 1.00 bits per heavy atom. The van der Waals surface area contributed by atoms with Gasteiger partial charge in [-0.25, -0.2) is 9.97 Å². The Hall–Kier alpha value is -3.01. The molecule has 2 aromatic rings. The summed E-state index contributed by atoms with van der Waals surface area (Å²) in [5, 5.41) is 6.44. The molecule has 0 aliphatic carbocycles. The molecular formula is C30H37F6N5O4. The number of nitrogens with one attached hydrogen (secondary N) is 2. The van der Waals surface area contributed by atoms with Crippen LogP contribution in [0.3, 0.4) is 0 Å². The summed E-state index contributed by atoms with van der Waals surface area (Å²) in [7, 11) is 1.64. The number of amides is 1. The van der Waals surface area contributed by atoms with Crippen molar-refractivity contribution in [3.8, 4) is 0 Å². The van der Waals surface area contributed by atoms with E-state index in [9.17, 15) is 31.1 Å². The van der Waals surface area contributed by atoms with Crippen molar-refractivity contribution in [2.75, 3.05) is 45.3 Å². The molecule has 5 rings (SSSR count). The molecule has 15 heteroatoms. The summed E-state index contributed by atoms with van der Waals surface area (Å²) in [6, 6.07) is 6.22. The maximum Gasteiger partial charge on any atom is 0.451 e. The molecule has 0 radical (unpaired) electrons. The number of anilines is 1. The Morgan fingerprint density at radius 2 is 1.73 bits per heavy atom. The fraction of sp³-hybridized carbons (Fsp3) is 0.633. The van der Waals surface area contributed by atoms with E-state index in [1.165, 1.54) is 23.1 Å². The first kappa shape index (κ1) is 33.4. The minimum Gasteiger partial charge on any atom is -0.379 e. The van der Waals surface area contributed by atoms with Crippen LogP contribution in [0, 0.1) is 0 Å². The summed E-state index contributed by atoms with van der Waals surface area (Å²) in [6.45, 7) is 1.93. The molecule has 4 atom stereocenters. The molecular weight excluding hydrogens is 608 g/mol. The standard InChI is InChI=1S/C30H37F6N5O4/c1-43-25-17-44-14-11-22(25)38-20-9-12-41(13-10-20)27(42)23-15-26(40-28(39-23)30(34,35)36)37-16-21-3-2-4-24(45-21)18-5-7-19(8-6-18)29(31,32)33/h5-8,15,20-22,24-25,38H,2-4,9-14,16-17H2,1H3,(H,37,39,40)/t21-,22?,24+,25?/m1/s1. The largest absolute Gasteiger partial charge is 0.451 e. The first-order valence-electron chi connectivity index (χ1n) is 15.1. The van der Waals surface area contributed by atoms with Crippen LogP contribution in [0.5, 0.6) is 0 Å². The van der Waals surface area contributed by atoms with Crippen LogP contribution in [0.2, 0.25) is 0 Å². The van der Waals surface area contributed by atoms with Crippen LogP contribution < -0.4 is 10.6 Å². The third-order valence-corrected chi connectivity index (χ3v) is 8.51. The Labute approximate surface area is 257 Å². The van der Waals surface area contributed by atoms with Crippen molar-refractivity contribution in [1.29, 1.82) is 0 Å². The number of aromatic nitrogens is 2. The number of rotatable bonds is 8. The Kier molecular flexibility index (Phi) is 10.5. The number of ether oxygens (including phenoxy) is 3. The topological polar surface area (TPSA) is 97.8 Å². The van der Waals surface area contributed by atoms with Gasteiger partial charge in [0.1, 0.15) is 11.5 Å². The summed E-state index contributed by atoms with van der Waals surface area (Å²) in [5.74, 6) is -2.20. The number of hydrogen-bond acceptors (Lipinski definition) is 8. The van der Waals surface area contributed by atoms with Gasteiger partial charge in [0.2, 0.25) is 5.82 Å². The van der Waals surface area contributed by atoms with Crippen LogP contribution in [0.4, 0.5) is 32.2 Å². The zero-order chi connectivity index (χ0) is 32.2. The van der Waals surface area contributed by atoms with Gasteiger partial charge in [-0.05, 0) is 56.2 Å². The van der Waals surface area contributed by atoms with Gasteiger partial charge in [0.25, 0.3) is 5.91 Å². The molecule has 1 amide bonds. The lowest BCUT2D eigenvalue weighted by Gasteiger charge is -2.38. The van der Waals surface area contributed by atoms with E-state index in [0.29, 0.717) is 64.0 Å². The molecule has 248 valence electrons. The molecule has 0 spiro atoms. The molecule has 1 aromatic heterocycles. The van der Waals surface area contributed by atoms with Crippen LogP contribution >= 0.6 is 0 Å². The molecule has 2 unspecified atom stereocenters. The normalized spacial score (nSPS) is 25.3. The molecule has 1 aromatic carbocycles. The van der Waals surface area contributed by atoms with Crippen LogP contribution in [0.1, 0.15) is 72.1 Å². The fourth-order valence-electron chi connectivity index (χ4n) is 6.02. The maximum absolute atomic E-state index is 13.7. The molecule has 3 aliphatic heterocycles. The predicted octanol–water partition coefficient (Wildman–Crippen LogP) is 5.23. The van der Waals surface area contributed by atoms with Crippen LogP contribution in [-0.4, -0.2) is 85.0 Å². The molecule has 3 aliphatic rings. The van der Waals surface area contributed by atoms with Gasteiger partial charge in [0, 0.05) is 51.5 Å². The SMILES string of the molecule is COC1COCCC1NC1CCN(C(=O)c2cc(NC[C@H]3CCC[C@@H](c4ccc(C(F)(F)F)cc4)O3)nc(C(F)(F)F)n2)CC1. The number of likely N-dealkylation sites (tertiary alicyclic amines) is 1. The van der Waals surface area contributed by atoms with E-state index < -0.39 is 41.9 Å². The lowest BCUT2D eigenvalue weighted by atomic mass is 9.97. The molecule has 45 heavy (non-hydrogen) atoms. The minimum absolute atomic E-state index is 0.0687. The van der Waals surface area contributed by atoms with E-state index in [0.717, 1.165) is 18.6 Å². The van der Waals surface area contributed by atoms with Crippen molar-refractivity contribution >= 4 is 11.7 Å². The van der Waals surface area contributed by atoms with E-state index in [1.807, 2.05) is 0 Å². The number of alkyl halides is 6. The summed E-state index contributed by atoms with van der Waals surface area (Å²) in [5.41, 5.74) is -0.527. The van der Waals surface area contributed by atoms with Crippen molar-refractivity contribution in [2.24, 2.45) is 0 Å². The first-order valence-corrected chi connectivity index (χ1v) is 15.1. The quantitative estimate of drug-likeness (QED) is 0.377. The molecule has 0 saturated carbocycles. The lowest BCUT2D eigenvalue weighted by molar-refractivity contribution is -0.145. The second-order valence-corrected chi connectivity index (χ2v) is 11.6. The van der Waals surface area contributed by atoms with Crippen LogP contribution in [0.25, 0.3) is 0 Å². The highest BCUT2D eigenvalue weighted by Crippen LogP contribution is 2.35. The number of nitrogens with zero attached hydrogens (tertiary/aromatic N) is 3. The highest BCUT2D eigenvalue weighted by molar-refractivity contribution is 5.93. The maximum atomic E-state index is 13.7.